The van der Waals surface area contributed by atoms with Crippen LogP contribution in [0.1, 0.15) is 29.3 Å². The summed E-state index contributed by atoms with van der Waals surface area (Å²) in [4.78, 5) is 0.847. The number of aryl methyl sites for hydroxylation is 2. The van der Waals surface area contributed by atoms with Crippen molar-refractivity contribution in [1.29, 1.82) is 0 Å². The molecule has 0 spiro atoms. The fourth-order valence-corrected chi connectivity index (χ4v) is 2.72. The second-order valence-corrected chi connectivity index (χ2v) is 5.32. The summed E-state index contributed by atoms with van der Waals surface area (Å²) in [7, 11) is 0. The van der Waals surface area contributed by atoms with E-state index in [1.807, 2.05) is 30.7 Å². The number of aliphatic hydroxyl groups excluding tert-OH is 1. The number of nitrogens with zero attached hydrogens (tertiary/aromatic N) is 2. The van der Waals surface area contributed by atoms with Gasteiger partial charge in [0.15, 0.2) is 0 Å². The first-order chi connectivity index (χ1) is 7.61. The van der Waals surface area contributed by atoms with Gasteiger partial charge in [-0.25, -0.2) is 0 Å². The number of halogens is 1. The van der Waals surface area contributed by atoms with Crippen LogP contribution in [-0.4, -0.2) is 14.9 Å². The van der Waals surface area contributed by atoms with Crippen LogP contribution in [0.3, 0.4) is 0 Å². The molecule has 0 aromatic carbocycles. The van der Waals surface area contributed by atoms with E-state index >= 15 is 0 Å². The highest BCUT2D eigenvalue weighted by Gasteiger charge is 2.17. The van der Waals surface area contributed by atoms with Gasteiger partial charge < -0.3 is 5.11 Å². The Kier molecular flexibility index (Phi) is 3.33. The Bertz CT molecular complexity index is 492. The molecule has 0 fully saturated rings. The van der Waals surface area contributed by atoms with E-state index in [9.17, 15) is 5.11 Å². The smallest absolute Gasteiger partial charge is 0.130 e. The van der Waals surface area contributed by atoms with Gasteiger partial charge in [0, 0.05) is 11.4 Å². The molecule has 2 rings (SSSR count). The Morgan fingerprint density at radius 3 is 2.88 bits per heavy atom. The standard InChI is InChI=1S/C11H13ClN2OS/c1-3-14-8(6-7(2)13-14)11(15)9-4-5-10(12)16-9/h4-6,11,15H,3H2,1-2H3. The molecular formula is C11H13ClN2OS. The lowest BCUT2D eigenvalue weighted by molar-refractivity contribution is 0.212. The lowest BCUT2D eigenvalue weighted by Gasteiger charge is -2.10. The van der Waals surface area contributed by atoms with Gasteiger partial charge in [0.25, 0.3) is 0 Å². The quantitative estimate of drug-likeness (QED) is 0.917. The first kappa shape index (κ1) is 11.6. The van der Waals surface area contributed by atoms with E-state index in [-0.39, 0.29) is 0 Å². The molecule has 2 aromatic rings. The van der Waals surface area contributed by atoms with E-state index in [1.165, 1.54) is 11.3 Å². The lowest BCUT2D eigenvalue weighted by Crippen LogP contribution is -2.07. The number of rotatable bonds is 3. The largest absolute Gasteiger partial charge is 0.381 e. The van der Waals surface area contributed by atoms with Crippen molar-refractivity contribution in [2.24, 2.45) is 0 Å². The Labute approximate surface area is 103 Å². The van der Waals surface area contributed by atoms with Crippen LogP contribution in [0.15, 0.2) is 18.2 Å². The molecular weight excluding hydrogens is 244 g/mol. The average molecular weight is 257 g/mol. The fourth-order valence-electron chi connectivity index (χ4n) is 1.66. The van der Waals surface area contributed by atoms with Crippen LogP contribution in [0.2, 0.25) is 4.34 Å². The van der Waals surface area contributed by atoms with Gasteiger partial charge >= 0.3 is 0 Å². The maximum absolute atomic E-state index is 10.2. The Morgan fingerprint density at radius 2 is 2.31 bits per heavy atom. The van der Waals surface area contributed by atoms with Crippen LogP contribution in [0.25, 0.3) is 0 Å². The molecule has 0 aliphatic rings. The number of hydrogen-bond acceptors (Lipinski definition) is 3. The predicted molar refractivity (Wildman–Crippen MR) is 66.0 cm³/mol. The van der Waals surface area contributed by atoms with Crippen LogP contribution in [0.4, 0.5) is 0 Å². The summed E-state index contributed by atoms with van der Waals surface area (Å²) < 4.78 is 2.50. The molecule has 16 heavy (non-hydrogen) atoms. The zero-order chi connectivity index (χ0) is 11.7. The molecule has 3 nitrogen and oxygen atoms in total. The zero-order valence-corrected chi connectivity index (χ0v) is 10.7. The van der Waals surface area contributed by atoms with Crippen LogP contribution in [0, 0.1) is 6.92 Å². The Balaban J connectivity index is 2.36. The maximum Gasteiger partial charge on any atom is 0.130 e. The van der Waals surface area contributed by atoms with Gasteiger partial charge in [0.05, 0.1) is 15.7 Å². The zero-order valence-electron chi connectivity index (χ0n) is 9.14. The molecule has 0 bridgehead atoms. The van der Waals surface area contributed by atoms with Gasteiger partial charge in [-0.3, -0.25) is 4.68 Å². The monoisotopic (exact) mass is 256 g/mol. The Morgan fingerprint density at radius 1 is 1.56 bits per heavy atom. The van der Waals surface area contributed by atoms with Gasteiger partial charge in [-0.2, -0.15) is 5.10 Å². The lowest BCUT2D eigenvalue weighted by atomic mass is 10.2. The second kappa shape index (κ2) is 4.57. The average Bonchev–Trinajstić information content (AvgIpc) is 2.83. The minimum absolute atomic E-state index is 0.640. The second-order valence-electron chi connectivity index (χ2n) is 3.57. The van der Waals surface area contributed by atoms with Crippen molar-refractivity contribution >= 4 is 22.9 Å². The normalized spacial score (nSPS) is 13.0. The first-order valence-electron chi connectivity index (χ1n) is 5.09. The van der Waals surface area contributed by atoms with Gasteiger partial charge in [-0.05, 0) is 32.0 Å². The molecule has 0 saturated heterocycles. The molecule has 0 aliphatic heterocycles. The minimum atomic E-state index is -0.640. The number of aliphatic hydroxyl groups is 1. The van der Waals surface area contributed by atoms with Crippen molar-refractivity contribution in [2.45, 2.75) is 26.5 Å². The highest BCUT2D eigenvalue weighted by molar-refractivity contribution is 7.16. The van der Waals surface area contributed by atoms with E-state index in [0.29, 0.717) is 4.34 Å². The van der Waals surface area contributed by atoms with Crippen molar-refractivity contribution in [2.75, 3.05) is 0 Å². The van der Waals surface area contributed by atoms with Crippen LogP contribution < -0.4 is 0 Å². The molecule has 0 amide bonds. The van der Waals surface area contributed by atoms with Crippen molar-refractivity contribution in [3.05, 3.63) is 38.8 Å². The van der Waals surface area contributed by atoms with Crippen molar-refractivity contribution < 1.29 is 5.11 Å². The van der Waals surface area contributed by atoms with E-state index in [1.54, 1.807) is 6.07 Å². The third kappa shape index (κ3) is 2.14. The van der Waals surface area contributed by atoms with Crippen LogP contribution in [-0.2, 0) is 6.54 Å². The third-order valence-electron chi connectivity index (χ3n) is 2.38. The summed E-state index contributed by atoms with van der Waals surface area (Å²) in [6, 6.07) is 5.55. The predicted octanol–water partition coefficient (Wildman–Crippen LogP) is 3.01. The Hall–Kier alpha value is -0.840. The molecule has 86 valence electrons. The summed E-state index contributed by atoms with van der Waals surface area (Å²) in [5.74, 6) is 0. The summed E-state index contributed by atoms with van der Waals surface area (Å²) in [5.41, 5.74) is 1.73. The SMILES string of the molecule is CCn1nc(C)cc1C(O)c1ccc(Cl)s1. The molecule has 5 heteroatoms. The summed E-state index contributed by atoms with van der Waals surface area (Å²) in [5, 5.41) is 14.5. The third-order valence-corrected chi connectivity index (χ3v) is 3.66. The topological polar surface area (TPSA) is 38.0 Å². The molecule has 0 saturated carbocycles. The highest BCUT2D eigenvalue weighted by atomic mass is 35.5. The van der Waals surface area contributed by atoms with E-state index < -0.39 is 6.10 Å². The molecule has 1 N–H and O–H groups in total. The number of hydrogen-bond donors (Lipinski definition) is 1. The maximum atomic E-state index is 10.2. The fraction of sp³-hybridized carbons (Fsp3) is 0.364. The summed E-state index contributed by atoms with van der Waals surface area (Å²) >= 11 is 7.25. The first-order valence-corrected chi connectivity index (χ1v) is 6.29. The van der Waals surface area contributed by atoms with E-state index in [2.05, 4.69) is 5.10 Å². The molecule has 1 atom stereocenters. The number of aromatic nitrogens is 2. The van der Waals surface area contributed by atoms with Crippen molar-refractivity contribution in [3.63, 3.8) is 0 Å². The molecule has 0 aliphatic carbocycles. The summed E-state index contributed by atoms with van der Waals surface area (Å²) in [6.45, 7) is 4.67. The highest BCUT2D eigenvalue weighted by Crippen LogP contribution is 2.31. The van der Waals surface area contributed by atoms with Gasteiger partial charge in [0.2, 0.25) is 0 Å². The molecule has 1 unspecified atom stereocenters. The number of thiophene rings is 1. The molecule has 2 aromatic heterocycles. The molecule has 2 heterocycles. The molecule has 0 radical (unpaired) electrons. The minimum Gasteiger partial charge on any atom is -0.381 e. The van der Waals surface area contributed by atoms with Gasteiger partial charge in [0.1, 0.15) is 6.10 Å². The summed E-state index contributed by atoms with van der Waals surface area (Å²) in [6.07, 6.45) is -0.640. The van der Waals surface area contributed by atoms with E-state index in [0.717, 1.165) is 22.8 Å². The van der Waals surface area contributed by atoms with Crippen LogP contribution in [0.5, 0.6) is 0 Å². The van der Waals surface area contributed by atoms with E-state index in [4.69, 9.17) is 11.6 Å². The van der Waals surface area contributed by atoms with Gasteiger partial charge in [-0.1, -0.05) is 11.6 Å². The van der Waals surface area contributed by atoms with Gasteiger partial charge in [-0.15, -0.1) is 11.3 Å². The van der Waals surface area contributed by atoms with Crippen molar-refractivity contribution in [1.82, 2.24) is 9.78 Å². The van der Waals surface area contributed by atoms with Crippen LogP contribution >= 0.6 is 22.9 Å². The van der Waals surface area contributed by atoms with Crippen molar-refractivity contribution in [3.8, 4) is 0 Å².